The summed E-state index contributed by atoms with van der Waals surface area (Å²) in [6.07, 6.45) is 4.99. The van der Waals surface area contributed by atoms with E-state index in [0.29, 0.717) is 29.0 Å². The van der Waals surface area contributed by atoms with Crippen LogP contribution in [-0.2, 0) is 16.1 Å². The first-order chi connectivity index (χ1) is 17.4. The van der Waals surface area contributed by atoms with Gasteiger partial charge < -0.3 is 10.2 Å². The fourth-order valence-electron chi connectivity index (χ4n) is 5.07. The number of nitrogens with zero attached hydrogens (tertiary/aromatic N) is 2. The lowest BCUT2D eigenvalue weighted by atomic mass is 10.1. The number of nitrogens with one attached hydrogen (secondary N) is 1. The number of rotatable bonds is 10. The van der Waals surface area contributed by atoms with Gasteiger partial charge in [0.25, 0.3) is 11.8 Å². The number of amides is 4. The van der Waals surface area contributed by atoms with Crippen molar-refractivity contribution in [1.29, 1.82) is 0 Å². The highest BCUT2D eigenvalue weighted by atomic mass is 35.5. The Kier molecular flexibility index (Phi) is 8.41. The summed E-state index contributed by atoms with van der Waals surface area (Å²) in [7, 11) is 0. The van der Waals surface area contributed by atoms with Gasteiger partial charge in [-0.1, -0.05) is 61.7 Å². The third kappa shape index (κ3) is 5.62. The van der Waals surface area contributed by atoms with Gasteiger partial charge in [0.1, 0.15) is 6.04 Å². The van der Waals surface area contributed by atoms with Crippen LogP contribution in [0.15, 0.2) is 48.5 Å². The van der Waals surface area contributed by atoms with Crippen molar-refractivity contribution in [2.24, 2.45) is 0 Å². The van der Waals surface area contributed by atoms with E-state index in [4.69, 9.17) is 11.6 Å². The van der Waals surface area contributed by atoms with Gasteiger partial charge in [-0.05, 0) is 49.4 Å². The van der Waals surface area contributed by atoms with Crippen LogP contribution >= 0.6 is 11.6 Å². The van der Waals surface area contributed by atoms with E-state index in [1.54, 1.807) is 35.2 Å². The summed E-state index contributed by atoms with van der Waals surface area (Å²) in [5, 5.41) is 3.66. The molecule has 1 fully saturated rings. The van der Waals surface area contributed by atoms with Crippen molar-refractivity contribution >= 4 is 35.2 Å². The minimum Gasteiger partial charge on any atom is -0.352 e. The van der Waals surface area contributed by atoms with E-state index < -0.39 is 6.04 Å². The van der Waals surface area contributed by atoms with Crippen LogP contribution in [0.2, 0.25) is 5.02 Å². The van der Waals surface area contributed by atoms with Crippen molar-refractivity contribution in [3.05, 3.63) is 70.2 Å². The molecule has 1 heterocycles. The number of hydrogen-bond donors (Lipinski definition) is 1. The van der Waals surface area contributed by atoms with Crippen LogP contribution < -0.4 is 5.32 Å². The zero-order valence-electron chi connectivity index (χ0n) is 20.5. The number of carbonyl (C=O) groups excluding carboxylic acids is 4. The Hall–Kier alpha value is -3.19. The highest BCUT2D eigenvalue weighted by molar-refractivity contribution is 6.31. The summed E-state index contributed by atoms with van der Waals surface area (Å²) in [5.74, 6) is -1.03. The van der Waals surface area contributed by atoms with E-state index in [2.05, 4.69) is 5.32 Å². The van der Waals surface area contributed by atoms with Gasteiger partial charge in [-0.15, -0.1) is 0 Å². The number of halogens is 1. The van der Waals surface area contributed by atoms with Crippen molar-refractivity contribution in [2.75, 3.05) is 6.54 Å². The fourth-order valence-corrected chi connectivity index (χ4v) is 5.27. The molecule has 2 aromatic carbocycles. The van der Waals surface area contributed by atoms with Gasteiger partial charge in [-0.25, -0.2) is 0 Å². The fraction of sp³-hybridized carbons (Fsp3) is 0.429. The predicted octanol–water partition coefficient (Wildman–Crippen LogP) is 4.58. The number of hydrogen-bond acceptors (Lipinski definition) is 4. The SMILES string of the molecule is CC[C@H](C(=O)NC1CCCC1)N(Cc1ccccc1Cl)C(=O)CCCN1C(=O)c2ccccc2C1=O. The van der Waals surface area contributed by atoms with Crippen LogP contribution in [0.5, 0.6) is 0 Å². The minimum absolute atomic E-state index is 0.102. The second-order valence-electron chi connectivity index (χ2n) is 9.44. The molecule has 2 aromatic rings. The number of fused-ring (bicyclic) bond motifs is 1. The van der Waals surface area contributed by atoms with Crippen molar-refractivity contribution in [1.82, 2.24) is 15.1 Å². The molecule has 1 aliphatic heterocycles. The largest absolute Gasteiger partial charge is 0.352 e. The molecule has 0 spiro atoms. The molecular formula is C28H32ClN3O4. The number of benzene rings is 2. The van der Waals surface area contributed by atoms with Gasteiger partial charge >= 0.3 is 0 Å². The average Bonchev–Trinajstić information content (AvgIpc) is 3.47. The van der Waals surface area contributed by atoms with Gasteiger partial charge in [-0.3, -0.25) is 24.1 Å². The van der Waals surface area contributed by atoms with E-state index in [1.807, 2.05) is 25.1 Å². The Labute approximate surface area is 216 Å². The van der Waals surface area contributed by atoms with Gasteiger partial charge in [0, 0.05) is 30.6 Å². The first kappa shape index (κ1) is 25.9. The van der Waals surface area contributed by atoms with Gasteiger partial charge in [0.05, 0.1) is 11.1 Å². The van der Waals surface area contributed by atoms with Crippen LogP contribution in [0.4, 0.5) is 0 Å². The zero-order valence-corrected chi connectivity index (χ0v) is 21.3. The van der Waals surface area contributed by atoms with Crippen LogP contribution in [0.25, 0.3) is 0 Å². The molecule has 0 bridgehead atoms. The van der Waals surface area contributed by atoms with Crippen LogP contribution in [-0.4, -0.2) is 52.1 Å². The maximum atomic E-state index is 13.5. The molecule has 2 aliphatic rings. The predicted molar refractivity (Wildman–Crippen MR) is 138 cm³/mol. The molecule has 0 radical (unpaired) electrons. The normalized spacial score (nSPS) is 16.2. The van der Waals surface area contributed by atoms with E-state index >= 15 is 0 Å². The van der Waals surface area contributed by atoms with Crippen molar-refractivity contribution < 1.29 is 19.2 Å². The third-order valence-electron chi connectivity index (χ3n) is 7.04. The molecule has 8 heteroatoms. The van der Waals surface area contributed by atoms with Crippen LogP contribution in [0, 0.1) is 0 Å². The van der Waals surface area contributed by atoms with Crippen LogP contribution in [0.1, 0.15) is 78.1 Å². The van der Waals surface area contributed by atoms with Crippen LogP contribution in [0.3, 0.4) is 0 Å². The highest BCUT2D eigenvalue weighted by Gasteiger charge is 2.35. The molecule has 1 atom stereocenters. The lowest BCUT2D eigenvalue weighted by molar-refractivity contribution is -0.141. The quantitative estimate of drug-likeness (QED) is 0.475. The standard InChI is InChI=1S/C28H32ClN3O4/c1-2-24(26(34)30-20-11-4-5-12-20)32(18-19-10-3-8-15-23(19)29)25(33)16-9-17-31-27(35)21-13-6-7-14-22(21)28(31)36/h3,6-8,10,13-15,20,24H,2,4-5,9,11-12,16-18H2,1H3,(H,30,34)/t24-/m1/s1. The van der Waals surface area contributed by atoms with Crippen molar-refractivity contribution in [3.8, 4) is 0 Å². The van der Waals surface area contributed by atoms with E-state index in [0.717, 1.165) is 31.2 Å². The van der Waals surface area contributed by atoms with Crippen molar-refractivity contribution in [2.45, 2.75) is 70.5 Å². The summed E-state index contributed by atoms with van der Waals surface area (Å²) >= 11 is 6.38. The molecule has 0 saturated heterocycles. The molecular weight excluding hydrogens is 478 g/mol. The smallest absolute Gasteiger partial charge is 0.261 e. The molecule has 0 unspecified atom stereocenters. The zero-order chi connectivity index (χ0) is 25.7. The molecule has 4 amide bonds. The first-order valence-corrected chi connectivity index (χ1v) is 13.1. The maximum absolute atomic E-state index is 13.5. The Balaban J connectivity index is 1.45. The van der Waals surface area contributed by atoms with Gasteiger partial charge in [-0.2, -0.15) is 0 Å². The number of imide groups is 1. The summed E-state index contributed by atoms with van der Waals surface area (Å²) in [4.78, 5) is 54.8. The van der Waals surface area contributed by atoms with E-state index in [9.17, 15) is 19.2 Å². The lowest BCUT2D eigenvalue weighted by Crippen LogP contribution is -2.51. The number of carbonyl (C=O) groups is 4. The summed E-state index contributed by atoms with van der Waals surface area (Å²) in [6.45, 7) is 2.25. The Morgan fingerprint density at radius 1 is 1.03 bits per heavy atom. The van der Waals surface area contributed by atoms with Crippen molar-refractivity contribution in [3.63, 3.8) is 0 Å². The second-order valence-corrected chi connectivity index (χ2v) is 9.85. The molecule has 1 saturated carbocycles. The third-order valence-corrected chi connectivity index (χ3v) is 7.41. The average molecular weight is 510 g/mol. The molecule has 4 rings (SSSR count). The Bertz CT molecular complexity index is 1110. The topological polar surface area (TPSA) is 86.8 Å². The van der Waals surface area contributed by atoms with Gasteiger partial charge in [0.15, 0.2) is 0 Å². The summed E-state index contributed by atoms with van der Waals surface area (Å²) < 4.78 is 0. The highest BCUT2D eigenvalue weighted by Crippen LogP contribution is 2.24. The molecule has 190 valence electrons. The summed E-state index contributed by atoms with van der Waals surface area (Å²) in [5.41, 5.74) is 1.55. The molecule has 7 nitrogen and oxygen atoms in total. The van der Waals surface area contributed by atoms with E-state index in [1.165, 1.54) is 4.90 Å². The summed E-state index contributed by atoms with van der Waals surface area (Å²) in [6, 6.07) is 13.5. The molecule has 1 aliphatic carbocycles. The Morgan fingerprint density at radius 3 is 2.25 bits per heavy atom. The maximum Gasteiger partial charge on any atom is 0.261 e. The van der Waals surface area contributed by atoms with E-state index in [-0.39, 0.29) is 49.2 Å². The minimum atomic E-state index is -0.631. The van der Waals surface area contributed by atoms with Gasteiger partial charge in [0.2, 0.25) is 11.8 Å². The molecule has 1 N–H and O–H groups in total. The molecule has 36 heavy (non-hydrogen) atoms. The lowest BCUT2D eigenvalue weighted by Gasteiger charge is -2.32. The monoisotopic (exact) mass is 509 g/mol. The first-order valence-electron chi connectivity index (χ1n) is 12.7. The molecule has 0 aromatic heterocycles. The second kappa shape index (κ2) is 11.7. The Morgan fingerprint density at radius 2 is 1.64 bits per heavy atom.